The number of fused-ring (bicyclic) bond motifs is 1. The quantitative estimate of drug-likeness (QED) is 0.814. The smallest absolute Gasteiger partial charge is 0.328 e. The van der Waals surface area contributed by atoms with Crippen LogP contribution < -0.4 is 15.1 Å². The minimum absolute atomic E-state index is 0.00613. The maximum Gasteiger partial charge on any atom is 0.328 e. The maximum absolute atomic E-state index is 12.8. The van der Waals surface area contributed by atoms with Gasteiger partial charge in [-0.2, -0.15) is 0 Å². The van der Waals surface area contributed by atoms with Crippen LogP contribution in [0.5, 0.6) is 0 Å². The number of hydrogen-bond donors (Lipinski definition) is 1. The predicted molar refractivity (Wildman–Crippen MR) is 92.3 cm³/mol. The highest BCUT2D eigenvalue weighted by Crippen LogP contribution is 2.33. The second-order valence-corrected chi connectivity index (χ2v) is 5.94. The van der Waals surface area contributed by atoms with Crippen LogP contribution in [0.1, 0.15) is 13.3 Å². The third-order valence-electron chi connectivity index (χ3n) is 3.90. The van der Waals surface area contributed by atoms with E-state index >= 15 is 0 Å². The Labute approximate surface area is 140 Å². The van der Waals surface area contributed by atoms with Gasteiger partial charge in [0.25, 0.3) is 0 Å². The number of amides is 2. The first kappa shape index (κ1) is 15.6. The molecule has 1 aliphatic rings. The number of aromatic nitrogens is 2. The summed E-state index contributed by atoms with van der Waals surface area (Å²) in [6.07, 6.45) is 2.47. The van der Waals surface area contributed by atoms with Crippen molar-refractivity contribution in [1.82, 2.24) is 9.97 Å². The Balaban J connectivity index is 1.97. The molecule has 0 saturated heterocycles. The third-order valence-corrected chi connectivity index (χ3v) is 4.11. The molecule has 0 spiro atoms. The van der Waals surface area contributed by atoms with Crippen molar-refractivity contribution in [1.29, 1.82) is 0 Å². The minimum Gasteiger partial charge on any atom is -0.372 e. The minimum atomic E-state index is -0.262. The standard InChI is InChI=1S/C16H18ClN5O/c1-11-8-10-21(2)12-6-7-13(17)19-15(12)22(11)16(23)20-14-5-3-4-9-18-14/h3-7,9,11H,8,10H2,1-2H3,(H,18,20,23)/t11-/m1/s1. The number of pyridine rings is 2. The van der Waals surface area contributed by atoms with Crippen molar-refractivity contribution in [3.8, 4) is 0 Å². The Bertz CT molecular complexity index is 709. The van der Waals surface area contributed by atoms with Gasteiger partial charge in [-0.05, 0) is 37.6 Å². The molecule has 0 saturated carbocycles. The zero-order valence-corrected chi connectivity index (χ0v) is 13.8. The number of anilines is 3. The van der Waals surface area contributed by atoms with E-state index in [9.17, 15) is 4.79 Å². The number of rotatable bonds is 1. The average molecular weight is 332 g/mol. The molecule has 3 rings (SSSR count). The molecule has 23 heavy (non-hydrogen) atoms. The summed E-state index contributed by atoms with van der Waals surface area (Å²) >= 11 is 6.06. The zero-order valence-electron chi connectivity index (χ0n) is 13.0. The molecule has 2 aromatic heterocycles. The molecule has 0 unspecified atom stereocenters. The van der Waals surface area contributed by atoms with Gasteiger partial charge in [0, 0.05) is 25.8 Å². The fourth-order valence-electron chi connectivity index (χ4n) is 2.63. The van der Waals surface area contributed by atoms with Gasteiger partial charge in [0.2, 0.25) is 0 Å². The Kier molecular flexibility index (Phi) is 4.34. The molecule has 0 aromatic carbocycles. The van der Waals surface area contributed by atoms with E-state index in [0.717, 1.165) is 18.7 Å². The third kappa shape index (κ3) is 3.22. The van der Waals surface area contributed by atoms with Crippen molar-refractivity contribution in [2.75, 3.05) is 28.7 Å². The fraction of sp³-hybridized carbons (Fsp3) is 0.312. The first-order valence-corrected chi connectivity index (χ1v) is 7.83. The first-order chi connectivity index (χ1) is 11.1. The summed E-state index contributed by atoms with van der Waals surface area (Å²) in [5, 5.41) is 3.18. The van der Waals surface area contributed by atoms with E-state index in [2.05, 4.69) is 20.2 Å². The van der Waals surface area contributed by atoms with Crippen LogP contribution in [0.15, 0.2) is 36.5 Å². The zero-order chi connectivity index (χ0) is 16.4. The van der Waals surface area contributed by atoms with E-state index in [1.807, 2.05) is 26.1 Å². The summed E-state index contributed by atoms with van der Waals surface area (Å²) in [7, 11) is 1.99. The van der Waals surface area contributed by atoms with Crippen molar-refractivity contribution in [2.24, 2.45) is 0 Å². The highest BCUT2D eigenvalue weighted by Gasteiger charge is 2.30. The molecule has 0 fully saturated rings. The summed E-state index contributed by atoms with van der Waals surface area (Å²) < 4.78 is 0. The Morgan fingerprint density at radius 2 is 2.17 bits per heavy atom. The van der Waals surface area contributed by atoms with Gasteiger partial charge in [0.05, 0.1) is 5.69 Å². The van der Waals surface area contributed by atoms with Gasteiger partial charge in [-0.1, -0.05) is 17.7 Å². The largest absolute Gasteiger partial charge is 0.372 e. The summed E-state index contributed by atoms with van der Waals surface area (Å²) in [4.78, 5) is 25.0. The highest BCUT2D eigenvalue weighted by atomic mass is 35.5. The molecule has 0 aliphatic carbocycles. The van der Waals surface area contributed by atoms with Gasteiger partial charge in [-0.25, -0.2) is 14.8 Å². The van der Waals surface area contributed by atoms with Gasteiger partial charge in [-0.15, -0.1) is 0 Å². The van der Waals surface area contributed by atoms with Gasteiger partial charge in [-0.3, -0.25) is 10.2 Å². The van der Waals surface area contributed by atoms with Crippen molar-refractivity contribution in [2.45, 2.75) is 19.4 Å². The SMILES string of the molecule is C[C@@H]1CCN(C)c2ccc(Cl)nc2N1C(=O)Nc1ccccn1. The van der Waals surface area contributed by atoms with Gasteiger partial charge in [0.15, 0.2) is 5.82 Å². The van der Waals surface area contributed by atoms with Crippen LogP contribution >= 0.6 is 11.6 Å². The lowest BCUT2D eigenvalue weighted by atomic mass is 10.2. The van der Waals surface area contributed by atoms with Crippen molar-refractivity contribution < 1.29 is 4.79 Å². The molecule has 1 atom stereocenters. The van der Waals surface area contributed by atoms with Crippen LogP contribution in [0.2, 0.25) is 5.15 Å². The Morgan fingerprint density at radius 3 is 2.91 bits per heavy atom. The number of nitrogens with one attached hydrogen (secondary N) is 1. The molecule has 0 radical (unpaired) electrons. The molecule has 2 aromatic rings. The number of urea groups is 1. The van der Waals surface area contributed by atoms with E-state index in [0.29, 0.717) is 16.8 Å². The molecular formula is C16H18ClN5O. The number of nitrogens with zero attached hydrogens (tertiary/aromatic N) is 4. The van der Waals surface area contributed by atoms with Crippen LogP contribution in [0.3, 0.4) is 0 Å². The Hall–Kier alpha value is -2.34. The van der Waals surface area contributed by atoms with E-state index in [1.165, 1.54) is 0 Å². The van der Waals surface area contributed by atoms with E-state index < -0.39 is 0 Å². The average Bonchev–Trinajstić information content (AvgIpc) is 2.65. The van der Waals surface area contributed by atoms with Gasteiger partial charge >= 0.3 is 6.03 Å². The molecule has 1 N–H and O–H groups in total. The molecule has 6 nitrogen and oxygen atoms in total. The van der Waals surface area contributed by atoms with Crippen LogP contribution in [0.4, 0.5) is 22.1 Å². The van der Waals surface area contributed by atoms with Gasteiger partial charge in [0.1, 0.15) is 11.0 Å². The van der Waals surface area contributed by atoms with Crippen molar-refractivity contribution in [3.63, 3.8) is 0 Å². The number of carbonyl (C=O) groups is 1. The maximum atomic E-state index is 12.8. The van der Waals surface area contributed by atoms with Crippen LogP contribution in [0, 0.1) is 0 Å². The molecule has 0 bridgehead atoms. The van der Waals surface area contributed by atoms with Crippen LogP contribution in [0.25, 0.3) is 0 Å². The molecule has 1 aliphatic heterocycles. The van der Waals surface area contributed by atoms with Crippen molar-refractivity contribution in [3.05, 3.63) is 41.7 Å². The number of halogens is 1. The second-order valence-electron chi connectivity index (χ2n) is 5.55. The Morgan fingerprint density at radius 1 is 1.35 bits per heavy atom. The summed E-state index contributed by atoms with van der Waals surface area (Å²) in [5.74, 6) is 1.07. The van der Waals surface area contributed by atoms with E-state index in [1.54, 1.807) is 29.3 Å². The lowest BCUT2D eigenvalue weighted by Gasteiger charge is -2.27. The van der Waals surface area contributed by atoms with Crippen LogP contribution in [-0.4, -0.2) is 35.6 Å². The fourth-order valence-corrected chi connectivity index (χ4v) is 2.78. The number of hydrogen-bond acceptors (Lipinski definition) is 4. The summed E-state index contributed by atoms with van der Waals surface area (Å²) in [6.45, 7) is 2.84. The monoisotopic (exact) mass is 331 g/mol. The summed E-state index contributed by atoms with van der Waals surface area (Å²) in [5.41, 5.74) is 0.884. The lowest BCUT2D eigenvalue weighted by Crippen LogP contribution is -2.42. The molecular weight excluding hydrogens is 314 g/mol. The van der Waals surface area contributed by atoms with Crippen molar-refractivity contribution >= 4 is 35.0 Å². The van der Waals surface area contributed by atoms with E-state index in [4.69, 9.17) is 11.6 Å². The highest BCUT2D eigenvalue weighted by molar-refractivity contribution is 6.29. The molecule has 7 heteroatoms. The first-order valence-electron chi connectivity index (χ1n) is 7.45. The molecule has 2 amide bonds. The van der Waals surface area contributed by atoms with E-state index in [-0.39, 0.29) is 12.1 Å². The van der Waals surface area contributed by atoms with Crippen LogP contribution in [-0.2, 0) is 0 Å². The predicted octanol–water partition coefficient (Wildman–Crippen LogP) is 3.40. The topological polar surface area (TPSA) is 61.4 Å². The number of carbonyl (C=O) groups excluding carboxylic acids is 1. The molecule has 3 heterocycles. The normalized spacial score (nSPS) is 17.4. The summed E-state index contributed by atoms with van der Waals surface area (Å²) in [6, 6.07) is 8.74. The van der Waals surface area contributed by atoms with Gasteiger partial charge < -0.3 is 4.90 Å². The second kappa shape index (κ2) is 6.42. The lowest BCUT2D eigenvalue weighted by molar-refractivity contribution is 0.255. The molecule has 120 valence electrons.